The minimum Gasteiger partial charge on any atom is -0.389 e. The standard InChI is InChI=1S/C11H18N2O2S/c1-8-5-6-9(16-8)12-10(14)13(4)7-11(2,3)15/h5-6,15H,7H2,1-4H3,(H,12,14). The van der Waals surface area contributed by atoms with Crippen molar-refractivity contribution in [3.63, 3.8) is 0 Å². The number of nitrogens with one attached hydrogen (secondary N) is 1. The molecule has 5 heteroatoms. The van der Waals surface area contributed by atoms with E-state index in [0.717, 1.165) is 9.88 Å². The minimum atomic E-state index is -0.878. The number of hydrogen-bond acceptors (Lipinski definition) is 3. The molecule has 0 spiro atoms. The molecule has 0 atom stereocenters. The van der Waals surface area contributed by atoms with Crippen molar-refractivity contribution in [3.8, 4) is 0 Å². The Labute approximate surface area is 99.9 Å². The first-order valence-corrected chi connectivity index (χ1v) is 5.90. The molecule has 1 aromatic heterocycles. The Hall–Kier alpha value is -1.07. The van der Waals surface area contributed by atoms with E-state index in [1.165, 1.54) is 16.2 Å². The molecule has 4 nitrogen and oxygen atoms in total. The SMILES string of the molecule is Cc1ccc(NC(=O)N(C)CC(C)(C)O)s1. The number of likely N-dealkylation sites (N-methyl/N-ethyl adjacent to an activating group) is 1. The van der Waals surface area contributed by atoms with Gasteiger partial charge in [0.05, 0.1) is 17.1 Å². The van der Waals surface area contributed by atoms with Gasteiger partial charge in [0.1, 0.15) is 0 Å². The van der Waals surface area contributed by atoms with Crippen LogP contribution in [0.3, 0.4) is 0 Å². The number of amides is 2. The van der Waals surface area contributed by atoms with Crippen LogP contribution in [0.5, 0.6) is 0 Å². The summed E-state index contributed by atoms with van der Waals surface area (Å²) in [5.74, 6) is 0. The molecule has 1 aromatic rings. The van der Waals surface area contributed by atoms with Crippen molar-refractivity contribution in [1.29, 1.82) is 0 Å². The summed E-state index contributed by atoms with van der Waals surface area (Å²) in [5.41, 5.74) is -0.878. The molecule has 0 aliphatic carbocycles. The number of nitrogens with zero attached hydrogens (tertiary/aromatic N) is 1. The maximum atomic E-state index is 11.7. The summed E-state index contributed by atoms with van der Waals surface area (Å²) >= 11 is 1.53. The van der Waals surface area contributed by atoms with E-state index >= 15 is 0 Å². The highest BCUT2D eigenvalue weighted by Gasteiger charge is 2.19. The molecule has 0 aliphatic rings. The predicted octanol–water partition coefficient (Wildman–Crippen LogP) is 2.29. The largest absolute Gasteiger partial charge is 0.389 e. The van der Waals surface area contributed by atoms with Crippen LogP contribution < -0.4 is 5.32 Å². The van der Waals surface area contributed by atoms with Gasteiger partial charge >= 0.3 is 6.03 Å². The van der Waals surface area contributed by atoms with Gasteiger partial charge in [-0.1, -0.05) is 0 Å². The molecule has 0 unspecified atom stereocenters. The van der Waals surface area contributed by atoms with Gasteiger partial charge in [-0.2, -0.15) is 0 Å². The molecule has 0 saturated heterocycles. The van der Waals surface area contributed by atoms with Crippen LogP contribution in [-0.4, -0.2) is 35.2 Å². The van der Waals surface area contributed by atoms with Crippen LogP contribution in [0.4, 0.5) is 9.80 Å². The lowest BCUT2D eigenvalue weighted by atomic mass is 10.1. The summed E-state index contributed by atoms with van der Waals surface area (Å²) in [6.45, 7) is 5.63. The molecule has 0 bridgehead atoms. The van der Waals surface area contributed by atoms with Crippen LogP contribution >= 0.6 is 11.3 Å². The average molecular weight is 242 g/mol. The maximum Gasteiger partial charge on any atom is 0.322 e. The Morgan fingerprint density at radius 1 is 1.56 bits per heavy atom. The molecule has 0 saturated carbocycles. The van der Waals surface area contributed by atoms with E-state index < -0.39 is 5.60 Å². The molecule has 1 heterocycles. The van der Waals surface area contributed by atoms with Gasteiger partial charge in [0.15, 0.2) is 0 Å². The molecule has 16 heavy (non-hydrogen) atoms. The van der Waals surface area contributed by atoms with Crippen LogP contribution in [0.1, 0.15) is 18.7 Å². The summed E-state index contributed by atoms with van der Waals surface area (Å²) in [5, 5.41) is 13.2. The highest BCUT2D eigenvalue weighted by Crippen LogP contribution is 2.20. The number of aliphatic hydroxyl groups is 1. The van der Waals surface area contributed by atoms with Crippen molar-refractivity contribution in [2.45, 2.75) is 26.4 Å². The Kier molecular flexibility index (Phi) is 3.93. The fraction of sp³-hybridized carbons (Fsp3) is 0.545. The van der Waals surface area contributed by atoms with Crippen molar-refractivity contribution in [2.75, 3.05) is 18.9 Å². The molecular weight excluding hydrogens is 224 g/mol. The molecule has 0 radical (unpaired) electrons. The molecule has 0 aromatic carbocycles. The van der Waals surface area contributed by atoms with Gasteiger partial charge < -0.3 is 10.0 Å². The zero-order valence-electron chi connectivity index (χ0n) is 10.1. The second-order valence-electron chi connectivity index (χ2n) is 4.51. The van der Waals surface area contributed by atoms with Gasteiger partial charge in [-0.25, -0.2) is 4.79 Å². The second-order valence-corrected chi connectivity index (χ2v) is 5.80. The van der Waals surface area contributed by atoms with Crippen molar-refractivity contribution >= 4 is 22.4 Å². The zero-order valence-corrected chi connectivity index (χ0v) is 10.9. The van der Waals surface area contributed by atoms with Crippen LogP contribution in [0.25, 0.3) is 0 Å². The fourth-order valence-electron chi connectivity index (χ4n) is 1.35. The lowest BCUT2D eigenvalue weighted by molar-refractivity contribution is 0.0551. The van der Waals surface area contributed by atoms with E-state index in [4.69, 9.17) is 0 Å². The van der Waals surface area contributed by atoms with Crippen molar-refractivity contribution in [1.82, 2.24) is 4.90 Å². The van der Waals surface area contributed by atoms with E-state index in [1.54, 1.807) is 20.9 Å². The average Bonchev–Trinajstić information content (AvgIpc) is 2.48. The predicted molar refractivity (Wildman–Crippen MR) is 67.0 cm³/mol. The van der Waals surface area contributed by atoms with Gasteiger partial charge in [0.25, 0.3) is 0 Å². The second kappa shape index (κ2) is 4.84. The van der Waals surface area contributed by atoms with Crippen LogP contribution in [0.2, 0.25) is 0 Å². The van der Waals surface area contributed by atoms with Crippen molar-refractivity contribution in [2.24, 2.45) is 0 Å². The van der Waals surface area contributed by atoms with Gasteiger partial charge in [-0.15, -0.1) is 11.3 Å². The van der Waals surface area contributed by atoms with E-state index in [0.29, 0.717) is 6.54 Å². The molecule has 0 aliphatic heterocycles. The molecule has 0 fully saturated rings. The topological polar surface area (TPSA) is 52.6 Å². The normalized spacial score (nSPS) is 11.3. The number of thiophene rings is 1. The first-order valence-electron chi connectivity index (χ1n) is 5.09. The van der Waals surface area contributed by atoms with Crippen LogP contribution in [-0.2, 0) is 0 Å². The summed E-state index contributed by atoms with van der Waals surface area (Å²) in [4.78, 5) is 14.3. The third-order valence-electron chi connectivity index (χ3n) is 1.94. The van der Waals surface area contributed by atoms with Crippen LogP contribution in [0.15, 0.2) is 12.1 Å². The summed E-state index contributed by atoms with van der Waals surface area (Å²) in [7, 11) is 1.66. The number of rotatable bonds is 3. The Morgan fingerprint density at radius 2 is 2.19 bits per heavy atom. The highest BCUT2D eigenvalue weighted by molar-refractivity contribution is 7.16. The van der Waals surface area contributed by atoms with Crippen molar-refractivity contribution < 1.29 is 9.90 Å². The number of carbonyl (C=O) groups excluding carboxylic acids is 1. The van der Waals surface area contributed by atoms with E-state index in [1.807, 2.05) is 19.1 Å². The smallest absolute Gasteiger partial charge is 0.322 e. The molecule has 2 amide bonds. The van der Waals surface area contributed by atoms with Gasteiger partial charge in [0.2, 0.25) is 0 Å². The third-order valence-corrected chi connectivity index (χ3v) is 2.86. The van der Waals surface area contributed by atoms with Gasteiger partial charge in [-0.3, -0.25) is 5.32 Å². The van der Waals surface area contributed by atoms with E-state index in [2.05, 4.69) is 5.32 Å². The van der Waals surface area contributed by atoms with E-state index in [9.17, 15) is 9.90 Å². The minimum absolute atomic E-state index is 0.205. The Bertz CT molecular complexity index is 368. The van der Waals surface area contributed by atoms with Gasteiger partial charge in [-0.05, 0) is 32.9 Å². The summed E-state index contributed by atoms with van der Waals surface area (Å²) in [6, 6.07) is 3.62. The van der Waals surface area contributed by atoms with Crippen LogP contribution in [0, 0.1) is 6.92 Å². The quantitative estimate of drug-likeness (QED) is 0.854. The van der Waals surface area contributed by atoms with E-state index in [-0.39, 0.29) is 6.03 Å². The number of aryl methyl sites for hydroxylation is 1. The first-order chi connectivity index (χ1) is 7.28. The highest BCUT2D eigenvalue weighted by atomic mass is 32.1. The lowest BCUT2D eigenvalue weighted by Crippen LogP contribution is -2.41. The summed E-state index contributed by atoms with van der Waals surface area (Å²) < 4.78 is 0. The number of carbonyl (C=O) groups is 1. The number of hydrogen-bond donors (Lipinski definition) is 2. The lowest BCUT2D eigenvalue weighted by Gasteiger charge is -2.25. The Balaban J connectivity index is 2.52. The number of urea groups is 1. The third kappa shape index (κ3) is 4.20. The molecular formula is C11H18N2O2S. The maximum absolute atomic E-state index is 11.7. The fourth-order valence-corrected chi connectivity index (χ4v) is 2.11. The summed E-state index contributed by atoms with van der Waals surface area (Å²) in [6.07, 6.45) is 0. The Morgan fingerprint density at radius 3 is 2.62 bits per heavy atom. The molecule has 1 rings (SSSR count). The molecule has 2 N–H and O–H groups in total. The van der Waals surface area contributed by atoms with Gasteiger partial charge in [0, 0.05) is 11.9 Å². The monoisotopic (exact) mass is 242 g/mol. The number of anilines is 1. The van der Waals surface area contributed by atoms with Crippen molar-refractivity contribution in [3.05, 3.63) is 17.0 Å². The molecule has 90 valence electrons. The zero-order chi connectivity index (χ0) is 12.3. The first kappa shape index (κ1) is 13.0.